The number of thioether (sulfide) groups is 1. The van der Waals surface area contributed by atoms with Crippen LogP contribution >= 0.6 is 11.8 Å². The summed E-state index contributed by atoms with van der Waals surface area (Å²) in [5.74, 6) is 0.157. The molecular formula is C21H26N4O2S. The fourth-order valence-corrected chi connectivity index (χ4v) is 3.93. The summed E-state index contributed by atoms with van der Waals surface area (Å²) in [5, 5.41) is 0.768. The molecule has 3 rings (SSSR count). The van der Waals surface area contributed by atoms with Gasteiger partial charge in [-0.3, -0.25) is 9.59 Å². The van der Waals surface area contributed by atoms with Gasteiger partial charge < -0.3 is 9.80 Å². The van der Waals surface area contributed by atoms with Gasteiger partial charge in [0.05, 0.1) is 0 Å². The summed E-state index contributed by atoms with van der Waals surface area (Å²) >= 11 is 1.52. The molecule has 28 heavy (non-hydrogen) atoms. The Kier molecular flexibility index (Phi) is 6.67. The summed E-state index contributed by atoms with van der Waals surface area (Å²) in [6.45, 7) is 6.25. The van der Waals surface area contributed by atoms with E-state index in [0.717, 1.165) is 22.1 Å². The van der Waals surface area contributed by atoms with E-state index in [-0.39, 0.29) is 11.8 Å². The van der Waals surface area contributed by atoms with Crippen LogP contribution in [0.4, 0.5) is 0 Å². The Morgan fingerprint density at radius 3 is 2.11 bits per heavy atom. The second-order valence-electron chi connectivity index (χ2n) is 6.90. The number of aryl methyl sites for hydroxylation is 2. The first kappa shape index (κ1) is 20.3. The molecule has 6 nitrogen and oxygen atoms in total. The van der Waals surface area contributed by atoms with E-state index >= 15 is 0 Å². The molecule has 1 aliphatic rings. The van der Waals surface area contributed by atoms with E-state index in [0.29, 0.717) is 44.6 Å². The van der Waals surface area contributed by atoms with Crippen LogP contribution < -0.4 is 0 Å². The number of aromatic nitrogens is 2. The van der Waals surface area contributed by atoms with Crippen LogP contribution in [0.1, 0.15) is 33.7 Å². The van der Waals surface area contributed by atoms with Gasteiger partial charge in [0, 0.05) is 49.6 Å². The largest absolute Gasteiger partial charge is 0.339 e. The SMILES string of the molecule is CSc1nc(C)c(CCC(=O)N2CCN(C(=O)c3ccccc3)CC2)c(C)n1. The molecule has 0 radical (unpaired) electrons. The number of carbonyl (C=O) groups excluding carboxylic acids is 2. The molecule has 1 saturated heterocycles. The molecule has 7 heteroatoms. The van der Waals surface area contributed by atoms with Gasteiger partial charge in [-0.1, -0.05) is 30.0 Å². The molecule has 1 fully saturated rings. The van der Waals surface area contributed by atoms with Crippen molar-refractivity contribution >= 4 is 23.6 Å². The molecule has 1 aromatic heterocycles. The van der Waals surface area contributed by atoms with Crippen LogP contribution in [0.25, 0.3) is 0 Å². The number of amides is 2. The van der Waals surface area contributed by atoms with Gasteiger partial charge in [0.1, 0.15) is 0 Å². The van der Waals surface area contributed by atoms with Crippen molar-refractivity contribution in [2.45, 2.75) is 31.8 Å². The number of benzene rings is 1. The summed E-state index contributed by atoms with van der Waals surface area (Å²) in [4.78, 5) is 37.8. The smallest absolute Gasteiger partial charge is 0.253 e. The molecule has 2 aromatic rings. The number of hydrogen-bond donors (Lipinski definition) is 0. The molecule has 0 bridgehead atoms. The van der Waals surface area contributed by atoms with Crippen LogP contribution in [0.15, 0.2) is 35.5 Å². The van der Waals surface area contributed by atoms with Crippen molar-refractivity contribution in [1.29, 1.82) is 0 Å². The number of hydrogen-bond acceptors (Lipinski definition) is 5. The zero-order valence-corrected chi connectivity index (χ0v) is 17.5. The Balaban J connectivity index is 1.53. The summed E-state index contributed by atoms with van der Waals surface area (Å²) in [6, 6.07) is 9.29. The van der Waals surface area contributed by atoms with Gasteiger partial charge in [0.15, 0.2) is 5.16 Å². The highest BCUT2D eigenvalue weighted by Crippen LogP contribution is 2.18. The molecule has 0 unspecified atom stereocenters. The molecule has 2 amide bonds. The molecule has 0 atom stereocenters. The predicted molar refractivity (Wildman–Crippen MR) is 111 cm³/mol. The minimum absolute atomic E-state index is 0.0324. The number of piperazine rings is 1. The van der Waals surface area contributed by atoms with Crippen LogP contribution in [0.3, 0.4) is 0 Å². The van der Waals surface area contributed by atoms with Crippen molar-refractivity contribution in [3.8, 4) is 0 Å². The molecule has 0 N–H and O–H groups in total. The first-order valence-corrected chi connectivity index (χ1v) is 10.7. The van der Waals surface area contributed by atoms with Gasteiger partial charge in [0.2, 0.25) is 5.91 Å². The van der Waals surface area contributed by atoms with Crippen molar-refractivity contribution in [3.63, 3.8) is 0 Å². The van der Waals surface area contributed by atoms with Gasteiger partial charge in [-0.05, 0) is 44.2 Å². The minimum atomic E-state index is 0.0324. The lowest BCUT2D eigenvalue weighted by atomic mass is 10.1. The Labute approximate surface area is 170 Å². The predicted octanol–water partition coefficient (Wildman–Crippen LogP) is 2.73. The number of rotatable bonds is 5. The molecule has 0 aliphatic carbocycles. The van der Waals surface area contributed by atoms with Crippen molar-refractivity contribution in [1.82, 2.24) is 19.8 Å². The standard InChI is InChI=1S/C21H26N4O2S/c1-15-18(16(2)23-21(22-15)28-3)9-10-19(26)24-11-13-25(14-12-24)20(27)17-7-5-4-6-8-17/h4-8H,9-14H2,1-3H3. The van der Waals surface area contributed by atoms with Crippen molar-refractivity contribution in [2.75, 3.05) is 32.4 Å². The third kappa shape index (κ3) is 4.70. The third-order valence-electron chi connectivity index (χ3n) is 5.11. The lowest BCUT2D eigenvalue weighted by molar-refractivity contribution is -0.132. The second-order valence-corrected chi connectivity index (χ2v) is 7.67. The Bertz CT molecular complexity index is 826. The highest BCUT2D eigenvalue weighted by molar-refractivity contribution is 7.98. The third-order valence-corrected chi connectivity index (χ3v) is 5.66. The lowest BCUT2D eigenvalue weighted by Gasteiger charge is -2.35. The lowest BCUT2D eigenvalue weighted by Crippen LogP contribution is -2.50. The number of nitrogens with zero attached hydrogens (tertiary/aromatic N) is 4. The maximum absolute atomic E-state index is 12.6. The topological polar surface area (TPSA) is 66.4 Å². The Morgan fingerprint density at radius 2 is 1.54 bits per heavy atom. The zero-order valence-electron chi connectivity index (χ0n) is 16.6. The fourth-order valence-electron chi connectivity index (χ4n) is 3.47. The summed E-state index contributed by atoms with van der Waals surface area (Å²) in [7, 11) is 0. The first-order valence-electron chi connectivity index (χ1n) is 9.49. The van der Waals surface area contributed by atoms with Crippen LogP contribution in [-0.4, -0.2) is 64.0 Å². The van der Waals surface area contributed by atoms with Crippen LogP contribution in [0.2, 0.25) is 0 Å². The average Bonchev–Trinajstić information content (AvgIpc) is 2.73. The summed E-state index contributed by atoms with van der Waals surface area (Å²) in [5.41, 5.74) is 3.65. The first-order chi connectivity index (χ1) is 13.5. The fraction of sp³-hybridized carbons (Fsp3) is 0.429. The van der Waals surface area contributed by atoms with Crippen molar-refractivity contribution in [3.05, 3.63) is 52.8 Å². The summed E-state index contributed by atoms with van der Waals surface area (Å²) < 4.78 is 0. The van der Waals surface area contributed by atoms with Gasteiger partial charge in [-0.25, -0.2) is 9.97 Å². The normalized spacial score (nSPS) is 14.2. The quantitative estimate of drug-likeness (QED) is 0.572. The van der Waals surface area contributed by atoms with Crippen LogP contribution in [0.5, 0.6) is 0 Å². The zero-order chi connectivity index (χ0) is 20.1. The van der Waals surface area contributed by atoms with Crippen LogP contribution in [0, 0.1) is 13.8 Å². The monoisotopic (exact) mass is 398 g/mol. The maximum atomic E-state index is 12.6. The van der Waals surface area contributed by atoms with Gasteiger partial charge in [0.25, 0.3) is 5.91 Å². The van der Waals surface area contributed by atoms with E-state index < -0.39 is 0 Å². The molecule has 1 aliphatic heterocycles. The molecule has 0 saturated carbocycles. The van der Waals surface area contributed by atoms with Gasteiger partial charge in [-0.2, -0.15) is 0 Å². The van der Waals surface area contributed by atoms with E-state index in [1.807, 2.05) is 60.2 Å². The second kappa shape index (κ2) is 9.19. The highest BCUT2D eigenvalue weighted by atomic mass is 32.2. The van der Waals surface area contributed by atoms with Gasteiger partial charge in [-0.15, -0.1) is 0 Å². The van der Waals surface area contributed by atoms with E-state index in [4.69, 9.17) is 0 Å². The van der Waals surface area contributed by atoms with Crippen molar-refractivity contribution in [2.24, 2.45) is 0 Å². The number of carbonyl (C=O) groups is 2. The van der Waals surface area contributed by atoms with E-state index in [2.05, 4.69) is 9.97 Å². The summed E-state index contributed by atoms with van der Waals surface area (Å²) in [6.07, 6.45) is 3.05. The molecule has 0 spiro atoms. The van der Waals surface area contributed by atoms with Gasteiger partial charge >= 0.3 is 0 Å². The molecule has 148 valence electrons. The van der Waals surface area contributed by atoms with E-state index in [1.165, 1.54) is 11.8 Å². The maximum Gasteiger partial charge on any atom is 0.253 e. The highest BCUT2D eigenvalue weighted by Gasteiger charge is 2.24. The van der Waals surface area contributed by atoms with E-state index in [1.54, 1.807) is 0 Å². The Hall–Kier alpha value is -2.41. The van der Waals surface area contributed by atoms with E-state index in [9.17, 15) is 9.59 Å². The van der Waals surface area contributed by atoms with Crippen LogP contribution in [-0.2, 0) is 11.2 Å². The van der Waals surface area contributed by atoms with Crippen molar-refractivity contribution < 1.29 is 9.59 Å². The minimum Gasteiger partial charge on any atom is -0.339 e. The average molecular weight is 399 g/mol. The molecule has 1 aromatic carbocycles. The Morgan fingerprint density at radius 1 is 0.964 bits per heavy atom. The molecule has 2 heterocycles. The molecular weight excluding hydrogens is 372 g/mol.